The van der Waals surface area contributed by atoms with Crippen molar-refractivity contribution in [3.63, 3.8) is 0 Å². The number of nitrogens with zero attached hydrogens (tertiary/aromatic N) is 1. The van der Waals surface area contributed by atoms with E-state index in [2.05, 4.69) is 0 Å². The number of hydrogen-bond donors (Lipinski definition) is 1. The maximum atomic E-state index is 11.1. The van der Waals surface area contributed by atoms with Crippen LogP contribution < -0.4 is 0 Å². The summed E-state index contributed by atoms with van der Waals surface area (Å²) in [7, 11) is -1.10. The van der Waals surface area contributed by atoms with Crippen LogP contribution in [0, 0.1) is 6.92 Å². The first-order valence-corrected chi connectivity index (χ1v) is 7.94. The van der Waals surface area contributed by atoms with Gasteiger partial charge in [-0.3, -0.25) is 4.90 Å². The predicted molar refractivity (Wildman–Crippen MR) is 73.6 cm³/mol. The van der Waals surface area contributed by atoms with Crippen LogP contribution in [0.2, 0.25) is 0 Å². The van der Waals surface area contributed by atoms with E-state index >= 15 is 0 Å². The van der Waals surface area contributed by atoms with Gasteiger partial charge in [-0.15, -0.1) is 0 Å². The smallest absolute Gasteiger partial charge is 0.148 e. The first-order valence-electron chi connectivity index (χ1n) is 5.88. The van der Waals surface area contributed by atoms with Crippen LogP contribution in [0.15, 0.2) is 18.2 Å². The van der Waals surface area contributed by atoms with Crippen LogP contribution in [0.3, 0.4) is 0 Å². The summed E-state index contributed by atoms with van der Waals surface area (Å²) in [6, 6.07) is 5.43. The zero-order valence-corrected chi connectivity index (χ0v) is 12.2. The van der Waals surface area contributed by atoms with E-state index in [4.69, 9.17) is 0 Å². The molecule has 1 rings (SSSR count). The summed E-state index contributed by atoms with van der Waals surface area (Å²) in [6.45, 7) is 4.37. The molecule has 1 unspecified atom stereocenters. The predicted octanol–water partition coefficient (Wildman–Crippen LogP) is 1.74. The lowest BCUT2D eigenvalue weighted by Crippen LogP contribution is -2.28. The molecule has 5 heteroatoms. The summed E-state index contributed by atoms with van der Waals surface area (Å²) < 4.78 is 22.3. The van der Waals surface area contributed by atoms with Crippen LogP contribution in [-0.2, 0) is 9.84 Å². The molecular formula is C13H21NO3S. The van der Waals surface area contributed by atoms with Gasteiger partial charge in [0.05, 0.1) is 5.75 Å². The number of sulfone groups is 1. The molecule has 0 aliphatic rings. The molecule has 0 aliphatic carbocycles. The monoisotopic (exact) mass is 271 g/mol. The molecule has 0 saturated heterocycles. The number of rotatable bonds is 5. The molecule has 0 aromatic heterocycles. The van der Waals surface area contributed by atoms with Crippen molar-refractivity contribution in [1.29, 1.82) is 0 Å². The minimum absolute atomic E-state index is 0.0216. The van der Waals surface area contributed by atoms with Gasteiger partial charge in [0.2, 0.25) is 0 Å². The van der Waals surface area contributed by atoms with Gasteiger partial charge >= 0.3 is 0 Å². The van der Waals surface area contributed by atoms with Crippen molar-refractivity contribution in [2.24, 2.45) is 0 Å². The van der Waals surface area contributed by atoms with Crippen molar-refractivity contribution < 1.29 is 13.5 Å². The topological polar surface area (TPSA) is 57.6 Å². The highest BCUT2D eigenvalue weighted by Crippen LogP contribution is 2.28. The summed E-state index contributed by atoms with van der Waals surface area (Å²) in [5, 5.41) is 9.84. The van der Waals surface area contributed by atoms with Gasteiger partial charge in [-0.2, -0.15) is 0 Å². The van der Waals surface area contributed by atoms with E-state index in [9.17, 15) is 13.5 Å². The molecule has 0 amide bonds. The lowest BCUT2D eigenvalue weighted by Gasteiger charge is -2.25. The molecule has 0 radical (unpaired) electrons. The summed E-state index contributed by atoms with van der Waals surface area (Å²) >= 11 is 0. The van der Waals surface area contributed by atoms with E-state index in [0.29, 0.717) is 6.54 Å². The molecule has 0 saturated carbocycles. The van der Waals surface area contributed by atoms with E-state index in [-0.39, 0.29) is 17.5 Å². The molecule has 0 heterocycles. The Bertz CT molecular complexity index is 511. The van der Waals surface area contributed by atoms with Crippen LogP contribution in [0.1, 0.15) is 24.1 Å². The fourth-order valence-corrected chi connectivity index (χ4v) is 2.37. The highest BCUT2D eigenvalue weighted by molar-refractivity contribution is 7.90. The summed E-state index contributed by atoms with van der Waals surface area (Å²) in [4.78, 5) is 1.93. The molecule has 1 N–H and O–H groups in total. The van der Waals surface area contributed by atoms with Crippen LogP contribution in [-0.4, -0.2) is 44.0 Å². The number of aromatic hydroxyl groups is 1. The van der Waals surface area contributed by atoms with Crippen molar-refractivity contribution >= 4 is 9.84 Å². The Kier molecular flexibility index (Phi) is 4.76. The van der Waals surface area contributed by atoms with Gasteiger partial charge in [0.15, 0.2) is 0 Å². The Morgan fingerprint density at radius 1 is 1.39 bits per heavy atom. The fraction of sp³-hybridized carbons (Fsp3) is 0.538. The van der Waals surface area contributed by atoms with Crippen molar-refractivity contribution in [1.82, 2.24) is 4.90 Å². The van der Waals surface area contributed by atoms with Gasteiger partial charge in [-0.1, -0.05) is 17.7 Å². The van der Waals surface area contributed by atoms with E-state index in [0.717, 1.165) is 11.1 Å². The first-order chi connectivity index (χ1) is 8.20. The fourth-order valence-electron chi connectivity index (χ4n) is 1.75. The molecule has 0 fully saturated rings. The standard InChI is InChI=1S/C13H21NO3S/c1-10-5-6-13(15)12(9-10)11(2)14(3)7-8-18(4,16)17/h5-6,9,11,15H,7-8H2,1-4H3. The lowest BCUT2D eigenvalue weighted by atomic mass is 10.0. The maximum Gasteiger partial charge on any atom is 0.148 e. The molecule has 102 valence electrons. The van der Waals surface area contributed by atoms with Crippen molar-refractivity contribution in [3.05, 3.63) is 29.3 Å². The number of aryl methyl sites for hydroxylation is 1. The van der Waals surface area contributed by atoms with Crippen molar-refractivity contribution in [2.75, 3.05) is 25.6 Å². The van der Waals surface area contributed by atoms with Crippen LogP contribution in [0.4, 0.5) is 0 Å². The Labute approximate surface area is 109 Å². The largest absolute Gasteiger partial charge is 0.508 e. The molecule has 18 heavy (non-hydrogen) atoms. The summed E-state index contributed by atoms with van der Waals surface area (Å²) in [5.41, 5.74) is 1.90. The van der Waals surface area contributed by atoms with Crippen molar-refractivity contribution in [2.45, 2.75) is 19.9 Å². The number of phenols is 1. The first kappa shape index (κ1) is 15.0. The third-order valence-electron chi connectivity index (χ3n) is 3.11. The van der Waals surface area contributed by atoms with Gasteiger partial charge in [-0.25, -0.2) is 8.42 Å². The third-order valence-corrected chi connectivity index (χ3v) is 4.03. The highest BCUT2D eigenvalue weighted by atomic mass is 32.2. The second kappa shape index (κ2) is 5.71. The molecule has 0 aliphatic heterocycles. The Morgan fingerprint density at radius 3 is 2.56 bits per heavy atom. The van der Waals surface area contributed by atoms with E-state index in [1.807, 2.05) is 37.9 Å². The Morgan fingerprint density at radius 2 is 2.00 bits per heavy atom. The molecular weight excluding hydrogens is 250 g/mol. The zero-order valence-electron chi connectivity index (χ0n) is 11.3. The second-order valence-electron chi connectivity index (χ2n) is 4.85. The summed E-state index contributed by atoms with van der Waals surface area (Å²) in [6.07, 6.45) is 1.23. The minimum Gasteiger partial charge on any atom is -0.508 e. The molecule has 4 nitrogen and oxygen atoms in total. The van der Waals surface area contributed by atoms with Crippen molar-refractivity contribution in [3.8, 4) is 5.75 Å². The molecule has 1 atom stereocenters. The van der Waals surface area contributed by atoms with Crippen LogP contribution in [0.5, 0.6) is 5.75 Å². The lowest BCUT2D eigenvalue weighted by molar-refractivity contribution is 0.270. The van der Waals surface area contributed by atoms with Gasteiger partial charge in [0.25, 0.3) is 0 Å². The average molecular weight is 271 g/mol. The Hall–Kier alpha value is -1.07. The number of benzene rings is 1. The molecule has 1 aromatic carbocycles. The molecule has 1 aromatic rings. The minimum atomic E-state index is -2.96. The average Bonchev–Trinajstić information content (AvgIpc) is 2.27. The van der Waals surface area contributed by atoms with Gasteiger partial charge < -0.3 is 5.11 Å². The second-order valence-corrected chi connectivity index (χ2v) is 7.11. The highest BCUT2D eigenvalue weighted by Gasteiger charge is 2.16. The van der Waals surface area contributed by atoms with Gasteiger partial charge in [-0.05, 0) is 27.0 Å². The van der Waals surface area contributed by atoms with Crippen LogP contribution >= 0.6 is 0 Å². The molecule has 0 bridgehead atoms. The van der Waals surface area contributed by atoms with Crippen LogP contribution in [0.25, 0.3) is 0 Å². The van der Waals surface area contributed by atoms with E-state index in [1.165, 1.54) is 6.26 Å². The summed E-state index contributed by atoms with van der Waals surface area (Å²) in [5.74, 6) is 0.375. The Balaban J connectivity index is 2.80. The SMILES string of the molecule is Cc1ccc(O)c(C(C)N(C)CCS(C)(=O)=O)c1. The third kappa shape index (κ3) is 4.31. The molecule has 0 spiro atoms. The number of hydrogen-bond acceptors (Lipinski definition) is 4. The number of phenolic OH excluding ortho intramolecular Hbond substituents is 1. The van der Waals surface area contributed by atoms with E-state index in [1.54, 1.807) is 6.07 Å². The maximum absolute atomic E-state index is 11.1. The van der Waals surface area contributed by atoms with Gasteiger partial charge in [0.1, 0.15) is 15.6 Å². The van der Waals surface area contributed by atoms with E-state index < -0.39 is 9.84 Å². The normalized spacial score (nSPS) is 13.8. The quantitative estimate of drug-likeness (QED) is 0.886. The zero-order chi connectivity index (χ0) is 13.9. The van der Waals surface area contributed by atoms with Gasteiger partial charge in [0, 0.05) is 24.4 Å².